The van der Waals surface area contributed by atoms with E-state index in [4.69, 9.17) is 9.47 Å². The van der Waals surface area contributed by atoms with Gasteiger partial charge in [-0.1, -0.05) is 54.2 Å². The molecule has 0 spiro atoms. The molecule has 2 aromatic heterocycles. The number of nitrogens with one attached hydrogen (secondary N) is 1. The second-order valence-electron chi connectivity index (χ2n) is 6.51. The van der Waals surface area contributed by atoms with Gasteiger partial charge in [-0.2, -0.15) is 0 Å². The highest BCUT2D eigenvalue weighted by Crippen LogP contribution is 2.36. The fraction of sp³-hybridized carbons (Fsp3) is 0.174. The van der Waals surface area contributed by atoms with Gasteiger partial charge in [0.15, 0.2) is 11.5 Å². The van der Waals surface area contributed by atoms with E-state index in [0.29, 0.717) is 24.7 Å². The first-order valence-electron chi connectivity index (χ1n) is 9.70. The van der Waals surface area contributed by atoms with Gasteiger partial charge < -0.3 is 14.8 Å². The van der Waals surface area contributed by atoms with Crippen LogP contribution < -0.4 is 14.8 Å². The van der Waals surface area contributed by atoms with Gasteiger partial charge in [-0.15, -0.1) is 11.3 Å². The summed E-state index contributed by atoms with van der Waals surface area (Å²) in [5, 5.41) is 4.66. The van der Waals surface area contributed by atoms with Crippen LogP contribution in [0.3, 0.4) is 0 Å². The molecule has 0 aliphatic rings. The summed E-state index contributed by atoms with van der Waals surface area (Å²) in [6.07, 6.45) is 1.55. The first kappa shape index (κ1) is 21.1. The van der Waals surface area contributed by atoms with Crippen molar-refractivity contribution in [2.45, 2.75) is 5.03 Å². The van der Waals surface area contributed by atoms with Crippen LogP contribution in [-0.4, -0.2) is 41.9 Å². The summed E-state index contributed by atoms with van der Waals surface area (Å²) in [6.45, 7) is 0.771. The predicted octanol–water partition coefficient (Wildman–Crippen LogP) is 4.65. The normalized spacial score (nSPS) is 10.7. The molecule has 0 unspecified atom stereocenters. The molecule has 0 radical (unpaired) electrons. The third kappa shape index (κ3) is 5.34. The molecule has 0 atom stereocenters. The Morgan fingerprint density at radius 1 is 1.06 bits per heavy atom. The van der Waals surface area contributed by atoms with Gasteiger partial charge in [-0.25, -0.2) is 9.97 Å². The van der Waals surface area contributed by atoms with E-state index in [0.717, 1.165) is 25.7 Å². The third-order valence-corrected chi connectivity index (χ3v) is 6.54. The Hall–Kier alpha value is -3.10. The third-order valence-electron chi connectivity index (χ3n) is 4.44. The van der Waals surface area contributed by atoms with E-state index in [1.165, 1.54) is 11.8 Å². The number of nitrogens with zero attached hydrogens (tertiary/aromatic N) is 2. The van der Waals surface area contributed by atoms with Crippen LogP contribution in [0.2, 0.25) is 0 Å². The number of hydrogen-bond donors (Lipinski definition) is 1. The molecule has 4 rings (SSSR count). The van der Waals surface area contributed by atoms with Crippen LogP contribution in [0.1, 0.15) is 0 Å². The molecule has 2 heterocycles. The predicted molar refractivity (Wildman–Crippen MR) is 125 cm³/mol. The topological polar surface area (TPSA) is 73.3 Å². The van der Waals surface area contributed by atoms with Crippen molar-refractivity contribution in [3.05, 3.63) is 67.0 Å². The molecule has 2 aromatic carbocycles. The molecular weight excluding hydrogens is 430 g/mol. The number of methoxy groups -OCH3 is 1. The van der Waals surface area contributed by atoms with E-state index in [1.54, 1.807) is 24.8 Å². The molecule has 0 bridgehead atoms. The maximum absolute atomic E-state index is 12.3. The first-order valence-corrected chi connectivity index (χ1v) is 11.5. The molecule has 0 fully saturated rings. The minimum absolute atomic E-state index is 0.0705. The minimum atomic E-state index is -0.0705. The number of thiophene rings is 1. The molecule has 0 saturated carbocycles. The molecule has 4 aromatic rings. The average Bonchev–Trinajstić information content (AvgIpc) is 3.26. The van der Waals surface area contributed by atoms with Crippen molar-refractivity contribution < 1.29 is 14.3 Å². The smallest absolute Gasteiger partial charge is 0.230 e. The summed E-state index contributed by atoms with van der Waals surface area (Å²) in [7, 11) is 1.60. The summed E-state index contributed by atoms with van der Waals surface area (Å²) < 4.78 is 10.9. The van der Waals surface area contributed by atoms with Gasteiger partial charge in [-0.05, 0) is 23.8 Å². The Balaban J connectivity index is 1.30. The van der Waals surface area contributed by atoms with Crippen molar-refractivity contribution in [1.82, 2.24) is 15.3 Å². The van der Waals surface area contributed by atoms with Crippen molar-refractivity contribution in [3.8, 4) is 21.9 Å². The lowest BCUT2D eigenvalue weighted by Crippen LogP contribution is -2.29. The molecule has 31 heavy (non-hydrogen) atoms. The summed E-state index contributed by atoms with van der Waals surface area (Å²) >= 11 is 3.03. The molecular formula is C23H21N3O3S2. The number of amides is 1. The number of aromatic nitrogens is 2. The number of carbonyl (C=O) groups is 1. The SMILES string of the molecule is COc1ccccc1OCCNC(=O)CSc1ncnc2sc(-c3ccccc3)cc12. The summed E-state index contributed by atoms with van der Waals surface area (Å²) in [6, 6.07) is 19.7. The number of benzene rings is 2. The van der Waals surface area contributed by atoms with Crippen LogP contribution in [-0.2, 0) is 4.79 Å². The minimum Gasteiger partial charge on any atom is -0.493 e. The van der Waals surface area contributed by atoms with Crippen molar-refractivity contribution in [3.63, 3.8) is 0 Å². The van der Waals surface area contributed by atoms with E-state index < -0.39 is 0 Å². The zero-order chi connectivity index (χ0) is 21.5. The molecule has 1 N–H and O–H groups in total. The van der Waals surface area contributed by atoms with E-state index in [-0.39, 0.29) is 11.7 Å². The average molecular weight is 452 g/mol. The Kier molecular flexibility index (Phi) is 7.01. The molecule has 6 nitrogen and oxygen atoms in total. The fourth-order valence-electron chi connectivity index (χ4n) is 2.97. The van der Waals surface area contributed by atoms with Gasteiger partial charge in [0.05, 0.1) is 19.4 Å². The molecule has 1 amide bonds. The number of rotatable bonds is 9. The lowest BCUT2D eigenvalue weighted by molar-refractivity contribution is -0.118. The van der Waals surface area contributed by atoms with Crippen LogP contribution >= 0.6 is 23.1 Å². The van der Waals surface area contributed by atoms with Crippen molar-refractivity contribution in [2.75, 3.05) is 26.0 Å². The van der Waals surface area contributed by atoms with Crippen LogP contribution in [0.5, 0.6) is 11.5 Å². The maximum Gasteiger partial charge on any atom is 0.230 e. The highest BCUT2D eigenvalue weighted by molar-refractivity contribution is 8.00. The number of carbonyl (C=O) groups excluding carboxylic acids is 1. The number of thioether (sulfide) groups is 1. The number of fused-ring (bicyclic) bond motifs is 1. The van der Waals surface area contributed by atoms with Crippen molar-refractivity contribution in [2.24, 2.45) is 0 Å². The second-order valence-corrected chi connectivity index (χ2v) is 8.51. The molecule has 8 heteroatoms. The highest BCUT2D eigenvalue weighted by Gasteiger charge is 2.12. The number of para-hydroxylation sites is 2. The monoisotopic (exact) mass is 451 g/mol. The van der Waals surface area contributed by atoms with Crippen LogP contribution in [0.4, 0.5) is 0 Å². The second kappa shape index (κ2) is 10.3. The Labute approximate surface area is 188 Å². The van der Waals surface area contributed by atoms with Gasteiger partial charge in [0.1, 0.15) is 22.8 Å². The van der Waals surface area contributed by atoms with Crippen LogP contribution in [0.15, 0.2) is 72.0 Å². The Bertz CT molecular complexity index is 1170. The molecule has 158 valence electrons. The van der Waals surface area contributed by atoms with Gasteiger partial charge in [0.2, 0.25) is 5.91 Å². The summed E-state index contributed by atoms with van der Waals surface area (Å²) in [4.78, 5) is 23.1. The zero-order valence-corrected chi connectivity index (χ0v) is 18.5. The van der Waals surface area contributed by atoms with Gasteiger partial charge >= 0.3 is 0 Å². The summed E-state index contributed by atoms with van der Waals surface area (Å²) in [5.74, 6) is 1.53. The zero-order valence-electron chi connectivity index (χ0n) is 16.9. The highest BCUT2D eigenvalue weighted by atomic mass is 32.2. The van der Waals surface area contributed by atoms with E-state index >= 15 is 0 Å². The quantitative estimate of drug-likeness (QED) is 0.227. The van der Waals surface area contributed by atoms with Crippen LogP contribution in [0.25, 0.3) is 20.7 Å². The summed E-state index contributed by atoms with van der Waals surface area (Å²) in [5.41, 5.74) is 1.15. The van der Waals surface area contributed by atoms with Crippen molar-refractivity contribution >= 4 is 39.2 Å². The van der Waals surface area contributed by atoms with Crippen molar-refractivity contribution in [1.29, 1.82) is 0 Å². The molecule has 0 aliphatic heterocycles. The lowest BCUT2D eigenvalue weighted by Gasteiger charge is -2.10. The molecule has 0 aliphatic carbocycles. The number of ether oxygens (including phenoxy) is 2. The Morgan fingerprint density at radius 3 is 2.65 bits per heavy atom. The van der Waals surface area contributed by atoms with Gasteiger partial charge in [0.25, 0.3) is 0 Å². The van der Waals surface area contributed by atoms with E-state index in [9.17, 15) is 4.79 Å². The van der Waals surface area contributed by atoms with Crippen LogP contribution in [0, 0.1) is 0 Å². The standard InChI is InChI=1S/C23H21N3O3S2/c1-28-18-9-5-6-10-19(18)29-12-11-24-21(27)14-30-22-17-13-20(16-7-3-2-4-8-16)31-23(17)26-15-25-22/h2-10,13,15H,11-12,14H2,1H3,(H,24,27). The van der Waals surface area contributed by atoms with E-state index in [1.807, 2.05) is 42.5 Å². The maximum atomic E-state index is 12.3. The lowest BCUT2D eigenvalue weighted by atomic mass is 10.2. The van der Waals surface area contributed by atoms with Gasteiger partial charge in [-0.3, -0.25) is 4.79 Å². The van der Waals surface area contributed by atoms with Gasteiger partial charge in [0, 0.05) is 10.3 Å². The largest absolute Gasteiger partial charge is 0.493 e. The fourth-order valence-corrected chi connectivity index (χ4v) is 4.84. The number of hydrogen-bond acceptors (Lipinski definition) is 7. The first-order chi connectivity index (χ1) is 15.2. The Morgan fingerprint density at radius 2 is 1.84 bits per heavy atom. The molecule has 0 saturated heterocycles. The van der Waals surface area contributed by atoms with E-state index in [2.05, 4.69) is 33.5 Å².